The lowest BCUT2D eigenvalue weighted by atomic mass is 10.1. The Morgan fingerprint density at radius 3 is 2.11 bits per heavy atom. The molecule has 27 heavy (non-hydrogen) atoms. The average Bonchev–Trinajstić information content (AvgIpc) is 2.73. The van der Waals surface area contributed by atoms with Crippen LogP contribution in [0.4, 0.5) is 0 Å². The van der Waals surface area contributed by atoms with Gasteiger partial charge in [0, 0.05) is 13.1 Å². The van der Waals surface area contributed by atoms with Crippen LogP contribution < -0.4 is 9.47 Å². The first-order valence-electron chi connectivity index (χ1n) is 8.62. The van der Waals surface area contributed by atoms with Crippen molar-refractivity contribution < 1.29 is 22.6 Å². The first-order valence-corrected chi connectivity index (χ1v) is 10.1. The maximum absolute atomic E-state index is 12.6. The molecule has 3 rings (SSSR count). The van der Waals surface area contributed by atoms with Crippen LogP contribution in [0.2, 0.25) is 0 Å². The monoisotopic (exact) mass is 389 g/mol. The van der Waals surface area contributed by atoms with Crippen LogP contribution in [0.1, 0.15) is 11.1 Å². The number of ether oxygens (including phenoxy) is 3. The van der Waals surface area contributed by atoms with Gasteiger partial charge in [-0.2, -0.15) is 4.31 Å². The van der Waals surface area contributed by atoms with E-state index in [1.807, 2.05) is 30.4 Å². The molecule has 0 spiro atoms. The molecule has 0 N–H and O–H groups in total. The van der Waals surface area contributed by atoms with Crippen molar-refractivity contribution in [3.8, 4) is 11.5 Å². The summed E-state index contributed by atoms with van der Waals surface area (Å²) in [5, 5.41) is 0. The van der Waals surface area contributed by atoms with Crippen LogP contribution >= 0.6 is 0 Å². The van der Waals surface area contributed by atoms with E-state index in [9.17, 15) is 8.42 Å². The molecule has 1 saturated heterocycles. The Hall–Kier alpha value is -2.35. The highest BCUT2D eigenvalue weighted by molar-refractivity contribution is 7.89. The Labute approximate surface area is 160 Å². The van der Waals surface area contributed by atoms with Crippen LogP contribution in [-0.2, 0) is 14.8 Å². The molecule has 0 amide bonds. The van der Waals surface area contributed by atoms with Crippen molar-refractivity contribution >= 4 is 22.2 Å². The fourth-order valence-corrected chi connectivity index (χ4v) is 4.24. The summed E-state index contributed by atoms with van der Waals surface area (Å²) in [7, 11) is -0.270. The third-order valence-electron chi connectivity index (χ3n) is 4.36. The molecule has 2 aromatic carbocycles. The van der Waals surface area contributed by atoms with Gasteiger partial charge in [-0.1, -0.05) is 30.4 Å². The highest BCUT2D eigenvalue weighted by Crippen LogP contribution is 2.28. The lowest BCUT2D eigenvalue weighted by Gasteiger charge is -2.26. The highest BCUT2D eigenvalue weighted by Gasteiger charge is 2.25. The summed E-state index contributed by atoms with van der Waals surface area (Å²) in [5.41, 5.74) is 1.86. The van der Waals surface area contributed by atoms with E-state index in [4.69, 9.17) is 14.2 Å². The first-order chi connectivity index (χ1) is 13.0. The van der Waals surface area contributed by atoms with Gasteiger partial charge < -0.3 is 14.2 Å². The third kappa shape index (κ3) is 4.50. The topological polar surface area (TPSA) is 65.1 Å². The Bertz CT molecular complexity index is 900. The minimum atomic E-state index is -3.46. The number of nitrogens with zero attached hydrogens (tertiary/aromatic N) is 1. The molecule has 0 unspecified atom stereocenters. The molecule has 6 nitrogen and oxygen atoms in total. The summed E-state index contributed by atoms with van der Waals surface area (Å²) < 4.78 is 42.5. The quantitative estimate of drug-likeness (QED) is 0.711. The highest BCUT2D eigenvalue weighted by atomic mass is 32.2. The van der Waals surface area contributed by atoms with Gasteiger partial charge in [0.2, 0.25) is 10.0 Å². The predicted octanol–water partition coefficient (Wildman–Crippen LogP) is 2.90. The van der Waals surface area contributed by atoms with E-state index < -0.39 is 10.0 Å². The van der Waals surface area contributed by atoms with Crippen molar-refractivity contribution in [2.75, 3.05) is 40.5 Å². The number of morpholine rings is 1. The second kappa shape index (κ2) is 8.56. The Balaban J connectivity index is 1.75. The van der Waals surface area contributed by atoms with E-state index >= 15 is 0 Å². The normalized spacial score (nSPS) is 15.8. The van der Waals surface area contributed by atoms with E-state index in [-0.39, 0.29) is 0 Å². The zero-order chi connectivity index (χ0) is 19.3. The zero-order valence-electron chi connectivity index (χ0n) is 15.4. The SMILES string of the molecule is COc1ccc(C=Cc2ccc(S(=O)(=O)N3CCOCC3)cc2)cc1OC. The molecule has 0 aromatic heterocycles. The predicted molar refractivity (Wildman–Crippen MR) is 104 cm³/mol. The molecule has 0 aliphatic carbocycles. The Morgan fingerprint density at radius 2 is 1.48 bits per heavy atom. The smallest absolute Gasteiger partial charge is 0.243 e. The summed E-state index contributed by atoms with van der Waals surface area (Å²) in [6.45, 7) is 1.66. The molecule has 2 aromatic rings. The molecule has 1 fully saturated rings. The fraction of sp³-hybridized carbons (Fsp3) is 0.300. The van der Waals surface area contributed by atoms with E-state index in [0.29, 0.717) is 42.7 Å². The number of hydrogen-bond donors (Lipinski definition) is 0. The molecule has 0 bridgehead atoms. The van der Waals surface area contributed by atoms with Crippen molar-refractivity contribution in [3.05, 3.63) is 53.6 Å². The van der Waals surface area contributed by atoms with Gasteiger partial charge in [0.15, 0.2) is 11.5 Å². The number of methoxy groups -OCH3 is 2. The molecular formula is C20H23NO5S. The number of sulfonamides is 1. The van der Waals surface area contributed by atoms with Crippen LogP contribution in [0.3, 0.4) is 0 Å². The van der Waals surface area contributed by atoms with Gasteiger partial charge >= 0.3 is 0 Å². The van der Waals surface area contributed by atoms with Crippen molar-refractivity contribution in [1.29, 1.82) is 0 Å². The van der Waals surface area contributed by atoms with E-state index in [0.717, 1.165) is 11.1 Å². The van der Waals surface area contributed by atoms with Gasteiger partial charge in [0.1, 0.15) is 0 Å². The van der Waals surface area contributed by atoms with E-state index in [1.165, 1.54) is 4.31 Å². The molecular weight excluding hydrogens is 366 g/mol. The maximum atomic E-state index is 12.6. The van der Waals surface area contributed by atoms with E-state index in [2.05, 4.69) is 0 Å². The Kier molecular flexibility index (Phi) is 6.15. The van der Waals surface area contributed by atoms with Crippen molar-refractivity contribution in [3.63, 3.8) is 0 Å². The third-order valence-corrected chi connectivity index (χ3v) is 6.28. The van der Waals surface area contributed by atoms with Gasteiger partial charge in [-0.15, -0.1) is 0 Å². The molecule has 1 aliphatic rings. The maximum Gasteiger partial charge on any atom is 0.243 e. The van der Waals surface area contributed by atoms with Crippen molar-refractivity contribution in [1.82, 2.24) is 4.31 Å². The lowest BCUT2D eigenvalue weighted by molar-refractivity contribution is 0.0730. The summed E-state index contributed by atoms with van der Waals surface area (Å²) >= 11 is 0. The summed E-state index contributed by atoms with van der Waals surface area (Å²) in [4.78, 5) is 0.299. The number of hydrogen-bond acceptors (Lipinski definition) is 5. The minimum absolute atomic E-state index is 0.299. The first kappa shape index (κ1) is 19.4. The minimum Gasteiger partial charge on any atom is -0.493 e. The van der Waals surface area contributed by atoms with Crippen LogP contribution in [0.25, 0.3) is 12.2 Å². The van der Waals surface area contributed by atoms with Gasteiger partial charge in [-0.3, -0.25) is 0 Å². The molecule has 144 valence electrons. The molecule has 0 saturated carbocycles. The van der Waals surface area contributed by atoms with E-state index in [1.54, 1.807) is 38.5 Å². The van der Waals surface area contributed by atoms with Gasteiger partial charge in [0.25, 0.3) is 0 Å². The van der Waals surface area contributed by atoms with Gasteiger partial charge in [-0.25, -0.2) is 8.42 Å². The summed E-state index contributed by atoms with van der Waals surface area (Å²) in [5.74, 6) is 1.33. The largest absolute Gasteiger partial charge is 0.493 e. The molecule has 1 heterocycles. The molecule has 0 atom stereocenters. The molecule has 1 aliphatic heterocycles. The Morgan fingerprint density at radius 1 is 0.889 bits per heavy atom. The van der Waals surface area contributed by atoms with Gasteiger partial charge in [-0.05, 0) is 35.4 Å². The standard InChI is InChI=1S/C20H23NO5S/c1-24-19-10-7-17(15-20(19)25-2)4-3-16-5-8-18(9-6-16)27(22,23)21-11-13-26-14-12-21/h3-10,15H,11-14H2,1-2H3. The summed E-state index contributed by atoms with van der Waals surface area (Å²) in [6, 6.07) is 12.5. The number of benzene rings is 2. The van der Waals surface area contributed by atoms with Crippen molar-refractivity contribution in [2.24, 2.45) is 0 Å². The molecule has 7 heteroatoms. The van der Waals surface area contributed by atoms with Crippen LogP contribution in [0.15, 0.2) is 47.4 Å². The zero-order valence-corrected chi connectivity index (χ0v) is 16.2. The second-order valence-corrected chi connectivity index (χ2v) is 7.97. The lowest BCUT2D eigenvalue weighted by Crippen LogP contribution is -2.40. The van der Waals surface area contributed by atoms with Gasteiger partial charge in [0.05, 0.1) is 32.3 Å². The second-order valence-electron chi connectivity index (χ2n) is 6.03. The summed E-state index contributed by atoms with van der Waals surface area (Å²) in [6.07, 6.45) is 3.86. The van der Waals surface area contributed by atoms with Crippen LogP contribution in [0, 0.1) is 0 Å². The van der Waals surface area contributed by atoms with Crippen molar-refractivity contribution in [2.45, 2.75) is 4.90 Å². The van der Waals surface area contributed by atoms with Crippen LogP contribution in [0.5, 0.6) is 11.5 Å². The molecule has 0 radical (unpaired) electrons. The number of rotatable bonds is 6. The van der Waals surface area contributed by atoms with Crippen LogP contribution in [-0.4, -0.2) is 53.2 Å². The fourth-order valence-electron chi connectivity index (χ4n) is 2.84. The average molecular weight is 389 g/mol.